The number of aliphatic hydroxyl groups excluding tert-OH is 1. The second kappa shape index (κ2) is 8.47. The van der Waals surface area contributed by atoms with Crippen LogP contribution in [0, 0.1) is 29.1 Å². The first-order valence-corrected chi connectivity index (χ1v) is 12.4. The van der Waals surface area contributed by atoms with E-state index < -0.39 is 35.5 Å². The highest BCUT2D eigenvalue weighted by Crippen LogP contribution is 2.62. The molecule has 6 heteroatoms. The molecule has 0 heterocycles. The number of rotatable bonds is 2. The number of hydrogen-bond donors (Lipinski definition) is 2. The molecule has 7 atom stereocenters. The summed E-state index contributed by atoms with van der Waals surface area (Å²) in [4.78, 5) is 26.7. The van der Waals surface area contributed by atoms with E-state index in [0.29, 0.717) is 29.0 Å². The molecule has 0 saturated heterocycles. The Morgan fingerprint density at radius 1 is 1.30 bits per heavy atom. The van der Waals surface area contributed by atoms with Crippen LogP contribution in [0.3, 0.4) is 0 Å². The number of esters is 1. The SMILES string of the molecule is C=C1CC[C@H]2[C@@H](/C=C(\C)C(=O)[C@@]3(O)C[C@H](C)[C@H](O)[C@@H]3[C@H]1OC(=O)c1cccc(Br)c1)C2(C)C. The molecule has 0 aliphatic heterocycles. The fourth-order valence-corrected chi connectivity index (χ4v) is 6.50. The van der Waals surface area contributed by atoms with Gasteiger partial charge < -0.3 is 14.9 Å². The van der Waals surface area contributed by atoms with Crippen molar-refractivity contribution >= 4 is 27.7 Å². The van der Waals surface area contributed by atoms with Gasteiger partial charge in [-0.3, -0.25) is 4.79 Å². The van der Waals surface area contributed by atoms with Crippen molar-refractivity contribution in [2.45, 2.75) is 64.8 Å². The Morgan fingerprint density at radius 3 is 2.67 bits per heavy atom. The molecule has 2 fully saturated rings. The number of carbonyl (C=O) groups excluding carboxylic acids is 2. The van der Waals surface area contributed by atoms with E-state index in [4.69, 9.17) is 4.74 Å². The predicted octanol–water partition coefficient (Wildman–Crippen LogP) is 4.86. The second-order valence-electron chi connectivity index (χ2n) is 10.8. The summed E-state index contributed by atoms with van der Waals surface area (Å²) in [6, 6.07) is 6.86. The zero-order chi connectivity index (χ0) is 24.3. The van der Waals surface area contributed by atoms with Gasteiger partial charge in [-0.2, -0.15) is 0 Å². The molecule has 3 aliphatic rings. The molecular formula is C27H33BrO5. The average Bonchev–Trinajstić information content (AvgIpc) is 3.17. The van der Waals surface area contributed by atoms with Crippen LogP contribution in [0.2, 0.25) is 0 Å². The van der Waals surface area contributed by atoms with Crippen molar-refractivity contribution in [3.63, 3.8) is 0 Å². The highest BCUT2D eigenvalue weighted by atomic mass is 79.9. The highest BCUT2D eigenvalue weighted by molar-refractivity contribution is 9.10. The van der Waals surface area contributed by atoms with Gasteiger partial charge in [0.05, 0.1) is 17.6 Å². The first-order chi connectivity index (χ1) is 15.4. The molecule has 1 aromatic carbocycles. The molecule has 178 valence electrons. The Labute approximate surface area is 204 Å². The van der Waals surface area contributed by atoms with Crippen LogP contribution in [0.1, 0.15) is 57.3 Å². The summed E-state index contributed by atoms with van der Waals surface area (Å²) < 4.78 is 6.69. The fraction of sp³-hybridized carbons (Fsp3) is 0.556. The summed E-state index contributed by atoms with van der Waals surface area (Å²) in [5, 5.41) is 22.9. The number of allylic oxidation sites excluding steroid dienone is 1. The van der Waals surface area contributed by atoms with Crippen LogP contribution in [0.25, 0.3) is 0 Å². The number of benzene rings is 1. The number of ether oxygens (including phenoxy) is 1. The van der Waals surface area contributed by atoms with Crippen LogP contribution >= 0.6 is 15.9 Å². The van der Waals surface area contributed by atoms with Crippen molar-refractivity contribution in [3.05, 3.63) is 58.1 Å². The number of aliphatic hydroxyl groups is 2. The third kappa shape index (κ3) is 4.15. The van der Waals surface area contributed by atoms with Crippen LogP contribution in [0.15, 0.2) is 52.5 Å². The number of Topliss-reactive ketones (excluding diaryl/α,β-unsaturated/α-hetero) is 1. The maximum Gasteiger partial charge on any atom is 0.338 e. The van der Waals surface area contributed by atoms with Crippen molar-refractivity contribution in [2.75, 3.05) is 0 Å². The number of halogens is 1. The van der Waals surface area contributed by atoms with E-state index >= 15 is 0 Å². The van der Waals surface area contributed by atoms with E-state index in [1.165, 1.54) is 0 Å². The number of hydrogen-bond acceptors (Lipinski definition) is 5. The van der Waals surface area contributed by atoms with Crippen molar-refractivity contribution in [2.24, 2.45) is 29.1 Å². The number of ketones is 1. The fourth-order valence-electron chi connectivity index (χ4n) is 6.11. The smallest absolute Gasteiger partial charge is 0.338 e. The lowest BCUT2D eigenvalue weighted by Gasteiger charge is -2.36. The molecule has 5 nitrogen and oxygen atoms in total. The quantitative estimate of drug-likeness (QED) is 0.433. The van der Waals surface area contributed by atoms with Gasteiger partial charge in [0, 0.05) is 4.47 Å². The molecule has 33 heavy (non-hydrogen) atoms. The number of carbonyl (C=O) groups is 2. The van der Waals surface area contributed by atoms with Gasteiger partial charge in [0.2, 0.25) is 0 Å². The molecule has 4 rings (SSSR count). The summed E-state index contributed by atoms with van der Waals surface area (Å²) >= 11 is 3.37. The maximum atomic E-state index is 13.6. The molecule has 0 radical (unpaired) electrons. The monoisotopic (exact) mass is 516 g/mol. The zero-order valence-electron chi connectivity index (χ0n) is 19.7. The van der Waals surface area contributed by atoms with E-state index in [1.54, 1.807) is 25.1 Å². The lowest BCUT2D eigenvalue weighted by molar-refractivity contribution is -0.144. The summed E-state index contributed by atoms with van der Waals surface area (Å²) in [6.45, 7) is 12.2. The van der Waals surface area contributed by atoms with Gasteiger partial charge in [-0.1, -0.05) is 55.4 Å². The molecule has 3 aliphatic carbocycles. The summed E-state index contributed by atoms with van der Waals surface area (Å²) in [7, 11) is 0. The van der Waals surface area contributed by atoms with Gasteiger partial charge in [-0.15, -0.1) is 0 Å². The molecule has 1 aromatic rings. The molecular weight excluding hydrogens is 484 g/mol. The van der Waals surface area contributed by atoms with Crippen LogP contribution in [0.5, 0.6) is 0 Å². The summed E-state index contributed by atoms with van der Waals surface area (Å²) in [5.41, 5.74) is -0.281. The van der Waals surface area contributed by atoms with E-state index in [0.717, 1.165) is 10.9 Å². The van der Waals surface area contributed by atoms with Crippen LogP contribution < -0.4 is 0 Å². The molecule has 0 unspecified atom stereocenters. The van der Waals surface area contributed by atoms with Crippen molar-refractivity contribution < 1.29 is 24.5 Å². The Kier molecular flexibility index (Phi) is 6.26. The third-order valence-electron chi connectivity index (χ3n) is 8.25. The molecule has 0 bridgehead atoms. The standard InChI is InChI=1S/C27H33BrO5/c1-14-9-10-19-20(26(19,4)5)11-15(2)24(30)27(32)13-16(3)22(29)21(27)23(14)33-25(31)17-7-6-8-18(28)12-17/h6-8,11-12,16,19-23,29,32H,1,9-10,13H2,2-5H3/b15-11+/t16-,19-,20+,21+,22-,23-,27+/m0/s1. The Morgan fingerprint density at radius 2 is 2.00 bits per heavy atom. The first kappa shape index (κ1) is 24.4. The van der Waals surface area contributed by atoms with Crippen LogP contribution in [-0.2, 0) is 9.53 Å². The van der Waals surface area contributed by atoms with Crippen molar-refractivity contribution in [1.29, 1.82) is 0 Å². The molecule has 0 amide bonds. The van der Waals surface area contributed by atoms with Crippen LogP contribution in [-0.4, -0.2) is 39.8 Å². The predicted molar refractivity (Wildman–Crippen MR) is 129 cm³/mol. The minimum absolute atomic E-state index is 0.0635. The molecule has 2 saturated carbocycles. The van der Waals surface area contributed by atoms with Gasteiger partial charge in [0.15, 0.2) is 5.78 Å². The Balaban J connectivity index is 1.75. The third-order valence-corrected chi connectivity index (χ3v) is 8.75. The maximum absolute atomic E-state index is 13.6. The van der Waals surface area contributed by atoms with Crippen molar-refractivity contribution in [3.8, 4) is 0 Å². The van der Waals surface area contributed by atoms with Crippen molar-refractivity contribution in [1.82, 2.24) is 0 Å². The normalized spacial score (nSPS) is 39.5. The van der Waals surface area contributed by atoms with E-state index in [1.807, 2.05) is 19.1 Å². The summed E-state index contributed by atoms with van der Waals surface area (Å²) in [5.74, 6) is -1.64. The van der Waals surface area contributed by atoms with Gasteiger partial charge >= 0.3 is 5.97 Å². The molecule has 0 spiro atoms. The minimum atomic E-state index is -1.83. The molecule has 2 N–H and O–H groups in total. The van der Waals surface area contributed by atoms with Crippen LogP contribution in [0.4, 0.5) is 0 Å². The van der Waals surface area contributed by atoms with Gasteiger partial charge in [-0.25, -0.2) is 4.79 Å². The molecule has 0 aromatic heterocycles. The lowest BCUT2D eigenvalue weighted by Crippen LogP contribution is -2.52. The van der Waals surface area contributed by atoms with Gasteiger partial charge in [0.25, 0.3) is 0 Å². The van der Waals surface area contributed by atoms with E-state index in [2.05, 4.69) is 36.4 Å². The number of fused-ring (bicyclic) bond motifs is 2. The largest absolute Gasteiger partial charge is 0.454 e. The van der Waals surface area contributed by atoms with Gasteiger partial charge in [-0.05, 0) is 78.7 Å². The van der Waals surface area contributed by atoms with E-state index in [9.17, 15) is 19.8 Å². The highest BCUT2D eigenvalue weighted by Gasteiger charge is 2.61. The Hall–Kier alpha value is -1.76. The Bertz CT molecular complexity index is 1030. The minimum Gasteiger partial charge on any atom is -0.454 e. The zero-order valence-corrected chi connectivity index (χ0v) is 21.3. The van der Waals surface area contributed by atoms with E-state index in [-0.39, 0.29) is 23.7 Å². The lowest BCUT2D eigenvalue weighted by atomic mass is 9.77. The summed E-state index contributed by atoms with van der Waals surface area (Å²) in [6.07, 6.45) is 1.56. The second-order valence-corrected chi connectivity index (χ2v) is 11.7. The topological polar surface area (TPSA) is 83.8 Å². The average molecular weight is 517 g/mol. The first-order valence-electron chi connectivity index (χ1n) is 11.7. The van der Waals surface area contributed by atoms with Gasteiger partial charge in [0.1, 0.15) is 11.7 Å².